The number of hydrogen-bond acceptors (Lipinski definition) is 5. The zero-order chi connectivity index (χ0) is 13.1. The average Bonchev–Trinajstić information content (AvgIpc) is 2.73. The molecular weight excluding hydrogens is 238 g/mol. The third-order valence-corrected chi connectivity index (χ3v) is 2.09. The Bertz CT molecular complexity index is 669. The molecule has 0 saturated carbocycles. The van der Waals surface area contributed by atoms with E-state index in [0.29, 0.717) is 17.3 Å². The van der Waals surface area contributed by atoms with Gasteiger partial charge in [0.05, 0.1) is 6.07 Å². The van der Waals surface area contributed by atoms with Crippen LogP contribution in [0.15, 0.2) is 27.4 Å². The van der Waals surface area contributed by atoms with Crippen molar-refractivity contribution in [2.45, 2.75) is 6.92 Å². The van der Waals surface area contributed by atoms with Crippen molar-refractivity contribution >= 4 is 18.0 Å². The Morgan fingerprint density at radius 1 is 1.44 bits per heavy atom. The number of nitrogens with one attached hydrogen (secondary N) is 1. The number of H-pyrrole nitrogens is 1. The Labute approximate surface area is 101 Å². The fourth-order valence-electron chi connectivity index (χ4n) is 1.37. The lowest BCUT2D eigenvalue weighted by Crippen LogP contribution is -2.08. The smallest absolute Gasteiger partial charge is 0.401 e. The standard InChI is InChI=1S/C11H9N3O4/c1-7-6-10(15)13-9(12-7)4-2-8-3-5-11(18-8)14(16)17/h2-6H,1H3,(H,12,13,15). The van der Waals surface area contributed by atoms with Crippen molar-refractivity contribution in [3.63, 3.8) is 0 Å². The first-order valence-electron chi connectivity index (χ1n) is 5.05. The SMILES string of the molecule is Cc1cc(=O)[nH]c(C=Cc2ccc([N+](=O)[O-])o2)n1. The van der Waals surface area contributed by atoms with Crippen LogP contribution in [0, 0.1) is 17.0 Å². The van der Waals surface area contributed by atoms with Crippen LogP contribution in [-0.2, 0) is 0 Å². The first kappa shape index (κ1) is 11.8. The molecule has 1 N–H and O–H groups in total. The van der Waals surface area contributed by atoms with Crippen molar-refractivity contribution in [1.29, 1.82) is 0 Å². The van der Waals surface area contributed by atoms with Crippen LogP contribution in [0.5, 0.6) is 0 Å². The van der Waals surface area contributed by atoms with Gasteiger partial charge in [-0.25, -0.2) is 4.98 Å². The van der Waals surface area contributed by atoms with Gasteiger partial charge >= 0.3 is 5.88 Å². The molecule has 2 aromatic rings. The molecule has 0 aliphatic heterocycles. The van der Waals surface area contributed by atoms with Crippen LogP contribution < -0.4 is 5.56 Å². The second-order valence-electron chi connectivity index (χ2n) is 3.54. The lowest BCUT2D eigenvalue weighted by Gasteiger charge is -1.94. The molecule has 0 saturated heterocycles. The van der Waals surface area contributed by atoms with Gasteiger partial charge in [-0.15, -0.1) is 0 Å². The van der Waals surface area contributed by atoms with Gasteiger partial charge in [0.15, 0.2) is 0 Å². The molecule has 0 aromatic carbocycles. The number of furan rings is 1. The highest BCUT2D eigenvalue weighted by atomic mass is 16.6. The van der Waals surface area contributed by atoms with Gasteiger partial charge in [0, 0.05) is 11.8 Å². The van der Waals surface area contributed by atoms with E-state index in [9.17, 15) is 14.9 Å². The minimum absolute atomic E-state index is 0.257. The molecular formula is C11H9N3O4. The van der Waals surface area contributed by atoms with E-state index in [-0.39, 0.29) is 11.4 Å². The third kappa shape index (κ3) is 2.70. The van der Waals surface area contributed by atoms with Crippen LogP contribution >= 0.6 is 0 Å². The highest BCUT2D eigenvalue weighted by molar-refractivity contribution is 5.64. The van der Waals surface area contributed by atoms with E-state index in [4.69, 9.17) is 4.42 Å². The monoisotopic (exact) mass is 247 g/mol. The van der Waals surface area contributed by atoms with Crippen molar-refractivity contribution in [2.24, 2.45) is 0 Å². The summed E-state index contributed by atoms with van der Waals surface area (Å²) in [6.07, 6.45) is 3.00. The van der Waals surface area contributed by atoms with E-state index in [1.54, 1.807) is 6.92 Å². The van der Waals surface area contributed by atoms with Gasteiger partial charge in [0.1, 0.15) is 16.5 Å². The molecule has 2 aromatic heterocycles. The fraction of sp³-hybridized carbons (Fsp3) is 0.0909. The maximum atomic E-state index is 11.2. The topological polar surface area (TPSA) is 102 Å². The first-order chi connectivity index (χ1) is 8.54. The predicted molar refractivity (Wildman–Crippen MR) is 63.9 cm³/mol. The zero-order valence-electron chi connectivity index (χ0n) is 9.41. The number of aryl methyl sites for hydroxylation is 1. The van der Waals surface area contributed by atoms with Gasteiger partial charge in [-0.05, 0) is 25.1 Å². The molecule has 0 fully saturated rings. The minimum atomic E-state index is -0.621. The molecule has 0 atom stereocenters. The quantitative estimate of drug-likeness (QED) is 0.657. The Hall–Kier alpha value is -2.70. The Kier molecular flexibility index (Phi) is 3.05. The van der Waals surface area contributed by atoms with Crippen molar-refractivity contribution in [1.82, 2.24) is 9.97 Å². The van der Waals surface area contributed by atoms with Gasteiger partial charge in [-0.3, -0.25) is 14.9 Å². The Morgan fingerprint density at radius 2 is 2.22 bits per heavy atom. The van der Waals surface area contributed by atoms with E-state index in [0.717, 1.165) is 0 Å². The summed E-state index contributed by atoms with van der Waals surface area (Å²) < 4.78 is 4.92. The molecule has 2 rings (SSSR count). The van der Waals surface area contributed by atoms with Gasteiger partial charge in [-0.2, -0.15) is 0 Å². The van der Waals surface area contributed by atoms with Crippen molar-refractivity contribution in [3.05, 3.63) is 55.9 Å². The molecule has 0 aliphatic rings. The number of aromatic nitrogens is 2. The second-order valence-corrected chi connectivity index (χ2v) is 3.54. The van der Waals surface area contributed by atoms with Crippen LogP contribution in [0.1, 0.15) is 17.3 Å². The summed E-state index contributed by atoms with van der Waals surface area (Å²) in [5.74, 6) is 0.338. The maximum Gasteiger partial charge on any atom is 0.433 e. The van der Waals surface area contributed by atoms with E-state index in [1.165, 1.54) is 30.4 Å². The summed E-state index contributed by atoms with van der Waals surface area (Å²) in [6.45, 7) is 1.70. The van der Waals surface area contributed by atoms with Crippen molar-refractivity contribution in [2.75, 3.05) is 0 Å². The van der Waals surface area contributed by atoms with E-state index in [1.807, 2.05) is 0 Å². The second kappa shape index (κ2) is 4.66. The van der Waals surface area contributed by atoms with Crippen LogP contribution in [0.25, 0.3) is 12.2 Å². The molecule has 0 radical (unpaired) electrons. The molecule has 0 amide bonds. The number of hydrogen-bond donors (Lipinski definition) is 1. The minimum Gasteiger partial charge on any atom is -0.401 e. The predicted octanol–water partition coefficient (Wildman–Crippen LogP) is 1.75. The van der Waals surface area contributed by atoms with Crippen LogP contribution in [-0.4, -0.2) is 14.9 Å². The largest absolute Gasteiger partial charge is 0.433 e. The summed E-state index contributed by atoms with van der Waals surface area (Å²) >= 11 is 0. The summed E-state index contributed by atoms with van der Waals surface area (Å²) in [5, 5.41) is 10.4. The lowest BCUT2D eigenvalue weighted by atomic mass is 10.3. The molecule has 2 heterocycles. The van der Waals surface area contributed by atoms with Crippen LogP contribution in [0.3, 0.4) is 0 Å². The van der Waals surface area contributed by atoms with Gasteiger partial charge < -0.3 is 9.40 Å². The molecule has 92 valence electrons. The van der Waals surface area contributed by atoms with Crippen LogP contribution in [0.2, 0.25) is 0 Å². The Morgan fingerprint density at radius 3 is 2.83 bits per heavy atom. The number of rotatable bonds is 3. The van der Waals surface area contributed by atoms with Crippen LogP contribution in [0.4, 0.5) is 5.88 Å². The molecule has 7 nitrogen and oxygen atoms in total. The maximum absolute atomic E-state index is 11.2. The zero-order valence-corrected chi connectivity index (χ0v) is 9.41. The van der Waals surface area contributed by atoms with Gasteiger partial charge in [0.2, 0.25) is 0 Å². The van der Waals surface area contributed by atoms with Crippen molar-refractivity contribution < 1.29 is 9.34 Å². The van der Waals surface area contributed by atoms with Gasteiger partial charge in [0.25, 0.3) is 5.56 Å². The number of nitro groups is 1. The highest BCUT2D eigenvalue weighted by Gasteiger charge is 2.09. The molecule has 0 spiro atoms. The molecule has 18 heavy (non-hydrogen) atoms. The Balaban J connectivity index is 2.24. The normalized spacial score (nSPS) is 10.9. The highest BCUT2D eigenvalue weighted by Crippen LogP contribution is 2.17. The van der Waals surface area contributed by atoms with Gasteiger partial charge in [-0.1, -0.05) is 0 Å². The van der Waals surface area contributed by atoms with E-state index >= 15 is 0 Å². The molecule has 7 heteroatoms. The number of aromatic amines is 1. The summed E-state index contributed by atoms with van der Waals surface area (Å²) in [4.78, 5) is 27.6. The number of nitrogens with zero attached hydrogens (tertiary/aromatic N) is 2. The molecule has 0 aliphatic carbocycles. The van der Waals surface area contributed by atoms with Crippen molar-refractivity contribution in [3.8, 4) is 0 Å². The average molecular weight is 247 g/mol. The summed E-state index contributed by atoms with van der Waals surface area (Å²) in [5.41, 5.74) is 0.330. The van der Waals surface area contributed by atoms with E-state index in [2.05, 4.69) is 9.97 Å². The third-order valence-electron chi connectivity index (χ3n) is 2.09. The summed E-state index contributed by atoms with van der Waals surface area (Å²) in [6, 6.07) is 4.09. The van der Waals surface area contributed by atoms with E-state index < -0.39 is 4.92 Å². The summed E-state index contributed by atoms with van der Waals surface area (Å²) in [7, 11) is 0. The lowest BCUT2D eigenvalue weighted by molar-refractivity contribution is -0.402. The molecule has 0 bridgehead atoms. The molecule has 0 unspecified atom stereocenters. The first-order valence-corrected chi connectivity index (χ1v) is 5.05. The fourth-order valence-corrected chi connectivity index (χ4v) is 1.37.